The molecule has 1 heterocycles. The van der Waals surface area contributed by atoms with Crippen molar-refractivity contribution in [3.63, 3.8) is 0 Å². The first-order chi connectivity index (χ1) is 10.2. The SMILES string of the molecule is CNCCc1ccccc1C(=O)N1CC2CCC(O)C2C1. The van der Waals surface area contributed by atoms with Gasteiger partial charge in [0, 0.05) is 24.6 Å². The molecular weight excluding hydrogens is 264 g/mol. The molecule has 1 aromatic rings. The van der Waals surface area contributed by atoms with Gasteiger partial charge in [0.25, 0.3) is 5.91 Å². The van der Waals surface area contributed by atoms with E-state index in [-0.39, 0.29) is 12.0 Å². The Balaban J connectivity index is 1.74. The number of benzene rings is 1. The number of nitrogens with one attached hydrogen (secondary N) is 1. The average molecular weight is 288 g/mol. The van der Waals surface area contributed by atoms with Crippen LogP contribution in [0.3, 0.4) is 0 Å². The first-order valence-electron chi connectivity index (χ1n) is 7.90. The molecule has 0 spiro atoms. The van der Waals surface area contributed by atoms with Gasteiger partial charge in [0.1, 0.15) is 0 Å². The van der Waals surface area contributed by atoms with Crippen molar-refractivity contribution in [3.8, 4) is 0 Å². The number of nitrogens with zero attached hydrogens (tertiary/aromatic N) is 1. The Kier molecular flexibility index (Phi) is 4.27. The summed E-state index contributed by atoms with van der Waals surface area (Å²) < 4.78 is 0. The molecule has 21 heavy (non-hydrogen) atoms. The van der Waals surface area contributed by atoms with Crippen LogP contribution in [0.2, 0.25) is 0 Å². The number of likely N-dealkylation sites (N-methyl/N-ethyl adjacent to an activating group) is 1. The van der Waals surface area contributed by atoms with Crippen LogP contribution >= 0.6 is 0 Å². The fourth-order valence-electron chi connectivity index (χ4n) is 3.78. The van der Waals surface area contributed by atoms with Gasteiger partial charge in [-0.1, -0.05) is 18.2 Å². The van der Waals surface area contributed by atoms with Gasteiger partial charge in [-0.25, -0.2) is 0 Å². The summed E-state index contributed by atoms with van der Waals surface area (Å²) in [6.07, 6.45) is 2.60. The van der Waals surface area contributed by atoms with Crippen LogP contribution in [-0.2, 0) is 6.42 Å². The third-order valence-electron chi connectivity index (χ3n) is 5.00. The van der Waals surface area contributed by atoms with Crippen LogP contribution in [0.15, 0.2) is 24.3 Å². The number of carbonyl (C=O) groups is 1. The number of fused-ring (bicyclic) bond motifs is 1. The van der Waals surface area contributed by atoms with E-state index in [1.807, 2.05) is 36.2 Å². The molecule has 1 aromatic carbocycles. The van der Waals surface area contributed by atoms with Crippen molar-refractivity contribution in [3.05, 3.63) is 35.4 Å². The van der Waals surface area contributed by atoms with E-state index in [1.54, 1.807) is 0 Å². The van der Waals surface area contributed by atoms with E-state index in [4.69, 9.17) is 0 Å². The molecule has 1 saturated carbocycles. The normalized spacial score (nSPS) is 27.9. The summed E-state index contributed by atoms with van der Waals surface area (Å²) in [6, 6.07) is 7.89. The summed E-state index contributed by atoms with van der Waals surface area (Å²) in [7, 11) is 1.92. The largest absolute Gasteiger partial charge is 0.393 e. The van der Waals surface area contributed by atoms with E-state index < -0.39 is 0 Å². The number of aliphatic hydroxyl groups is 1. The van der Waals surface area contributed by atoms with Gasteiger partial charge in [-0.3, -0.25) is 4.79 Å². The first kappa shape index (κ1) is 14.5. The van der Waals surface area contributed by atoms with Gasteiger partial charge in [0.05, 0.1) is 6.10 Å². The maximum Gasteiger partial charge on any atom is 0.254 e. The topological polar surface area (TPSA) is 52.6 Å². The third kappa shape index (κ3) is 2.83. The Bertz CT molecular complexity index is 517. The van der Waals surface area contributed by atoms with Crippen molar-refractivity contribution in [2.75, 3.05) is 26.7 Å². The second-order valence-electron chi connectivity index (χ2n) is 6.29. The van der Waals surface area contributed by atoms with Crippen LogP contribution in [0.25, 0.3) is 0 Å². The van der Waals surface area contributed by atoms with E-state index in [0.717, 1.165) is 43.5 Å². The van der Waals surface area contributed by atoms with Crippen LogP contribution in [-0.4, -0.2) is 48.7 Å². The van der Waals surface area contributed by atoms with Crippen molar-refractivity contribution in [1.29, 1.82) is 0 Å². The minimum atomic E-state index is -0.215. The Labute approximate surface area is 126 Å². The van der Waals surface area contributed by atoms with Crippen molar-refractivity contribution in [2.45, 2.75) is 25.4 Å². The molecule has 0 bridgehead atoms. The van der Waals surface area contributed by atoms with Crippen LogP contribution in [0.4, 0.5) is 0 Å². The average Bonchev–Trinajstić information content (AvgIpc) is 3.07. The van der Waals surface area contributed by atoms with E-state index >= 15 is 0 Å². The first-order valence-corrected chi connectivity index (χ1v) is 7.90. The highest BCUT2D eigenvalue weighted by Gasteiger charge is 2.43. The van der Waals surface area contributed by atoms with Crippen molar-refractivity contribution in [2.24, 2.45) is 11.8 Å². The molecule has 2 aliphatic rings. The molecule has 114 valence electrons. The number of aliphatic hydroxyl groups excluding tert-OH is 1. The molecule has 3 atom stereocenters. The Morgan fingerprint density at radius 3 is 2.90 bits per heavy atom. The molecule has 3 unspecified atom stereocenters. The predicted molar refractivity (Wildman–Crippen MR) is 82.2 cm³/mol. The highest BCUT2D eigenvalue weighted by molar-refractivity contribution is 5.96. The molecule has 0 radical (unpaired) electrons. The zero-order valence-corrected chi connectivity index (χ0v) is 12.6. The van der Waals surface area contributed by atoms with Gasteiger partial charge >= 0.3 is 0 Å². The number of amides is 1. The Hall–Kier alpha value is -1.39. The number of hydrogen-bond acceptors (Lipinski definition) is 3. The zero-order valence-electron chi connectivity index (χ0n) is 12.6. The van der Waals surface area contributed by atoms with E-state index in [2.05, 4.69) is 5.32 Å². The summed E-state index contributed by atoms with van der Waals surface area (Å²) in [5, 5.41) is 13.1. The van der Waals surface area contributed by atoms with Gasteiger partial charge in [-0.15, -0.1) is 0 Å². The molecule has 1 aliphatic carbocycles. The van der Waals surface area contributed by atoms with E-state index in [0.29, 0.717) is 18.4 Å². The molecule has 1 saturated heterocycles. The third-order valence-corrected chi connectivity index (χ3v) is 5.00. The van der Waals surface area contributed by atoms with Crippen molar-refractivity contribution >= 4 is 5.91 Å². The van der Waals surface area contributed by atoms with Gasteiger partial charge in [-0.05, 0) is 50.4 Å². The molecule has 3 rings (SSSR count). The standard InChI is InChI=1S/C17H24N2O2/c1-18-9-8-12-4-2-3-5-14(12)17(21)19-10-13-6-7-16(20)15(13)11-19/h2-5,13,15-16,18,20H,6-11H2,1H3. The lowest BCUT2D eigenvalue weighted by atomic mass is 10.00. The lowest BCUT2D eigenvalue weighted by molar-refractivity contribution is 0.0751. The fourth-order valence-corrected chi connectivity index (χ4v) is 3.78. The quantitative estimate of drug-likeness (QED) is 0.878. The van der Waals surface area contributed by atoms with E-state index in [9.17, 15) is 9.90 Å². The van der Waals surface area contributed by atoms with Crippen LogP contribution < -0.4 is 5.32 Å². The minimum absolute atomic E-state index is 0.128. The predicted octanol–water partition coefficient (Wildman–Crippen LogP) is 1.29. The molecule has 4 nitrogen and oxygen atoms in total. The lowest BCUT2D eigenvalue weighted by Crippen LogP contribution is -2.32. The second kappa shape index (κ2) is 6.16. The second-order valence-corrected chi connectivity index (χ2v) is 6.29. The van der Waals surface area contributed by atoms with Crippen LogP contribution in [0.1, 0.15) is 28.8 Å². The Morgan fingerprint density at radius 2 is 2.14 bits per heavy atom. The molecule has 0 aromatic heterocycles. The van der Waals surface area contributed by atoms with Crippen molar-refractivity contribution in [1.82, 2.24) is 10.2 Å². The number of carbonyl (C=O) groups excluding carboxylic acids is 1. The Morgan fingerprint density at radius 1 is 1.33 bits per heavy atom. The van der Waals surface area contributed by atoms with Gasteiger partial charge in [0.2, 0.25) is 0 Å². The zero-order chi connectivity index (χ0) is 14.8. The molecule has 4 heteroatoms. The van der Waals surface area contributed by atoms with E-state index in [1.165, 1.54) is 0 Å². The summed E-state index contributed by atoms with van der Waals surface area (Å²) in [5.41, 5.74) is 1.93. The molecular formula is C17H24N2O2. The number of rotatable bonds is 4. The monoisotopic (exact) mass is 288 g/mol. The van der Waals surface area contributed by atoms with Crippen LogP contribution in [0, 0.1) is 11.8 Å². The van der Waals surface area contributed by atoms with Crippen LogP contribution in [0.5, 0.6) is 0 Å². The van der Waals surface area contributed by atoms with Crippen molar-refractivity contribution < 1.29 is 9.90 Å². The van der Waals surface area contributed by atoms with Gasteiger partial charge < -0.3 is 15.3 Å². The lowest BCUT2D eigenvalue weighted by Gasteiger charge is -2.20. The molecule has 1 amide bonds. The summed E-state index contributed by atoms with van der Waals surface area (Å²) in [5.74, 6) is 0.912. The number of hydrogen-bond donors (Lipinski definition) is 2. The maximum absolute atomic E-state index is 12.8. The number of likely N-dealkylation sites (tertiary alicyclic amines) is 1. The summed E-state index contributed by atoms with van der Waals surface area (Å²) >= 11 is 0. The fraction of sp³-hybridized carbons (Fsp3) is 0.588. The minimum Gasteiger partial charge on any atom is -0.393 e. The highest BCUT2D eigenvalue weighted by Crippen LogP contribution is 2.38. The summed E-state index contributed by atoms with van der Waals surface area (Å²) in [4.78, 5) is 14.7. The van der Waals surface area contributed by atoms with Gasteiger partial charge in [0.15, 0.2) is 0 Å². The van der Waals surface area contributed by atoms with Gasteiger partial charge in [-0.2, -0.15) is 0 Å². The smallest absolute Gasteiger partial charge is 0.254 e. The maximum atomic E-state index is 12.8. The molecule has 2 fully saturated rings. The molecule has 1 aliphatic heterocycles. The summed E-state index contributed by atoms with van der Waals surface area (Å²) in [6.45, 7) is 2.39. The highest BCUT2D eigenvalue weighted by atomic mass is 16.3. The molecule has 2 N–H and O–H groups in total.